The van der Waals surface area contributed by atoms with E-state index in [9.17, 15) is 18.0 Å². The number of halogens is 3. The predicted molar refractivity (Wildman–Crippen MR) is 130 cm³/mol. The van der Waals surface area contributed by atoms with Gasteiger partial charge in [-0.3, -0.25) is 4.79 Å². The highest BCUT2D eigenvalue weighted by molar-refractivity contribution is 6.03. The van der Waals surface area contributed by atoms with Crippen LogP contribution in [0.2, 0.25) is 0 Å². The van der Waals surface area contributed by atoms with Crippen LogP contribution in [0.3, 0.4) is 0 Å². The molecular weight excluding hydrogens is 471 g/mol. The van der Waals surface area contributed by atoms with Gasteiger partial charge in [0, 0.05) is 23.0 Å². The molecule has 6 nitrogen and oxygen atoms in total. The molecule has 0 aliphatic heterocycles. The van der Waals surface area contributed by atoms with Gasteiger partial charge in [-0.05, 0) is 42.8 Å². The lowest BCUT2D eigenvalue weighted by molar-refractivity contribution is -0.146. The number of aryl methyl sites for hydroxylation is 1. The normalized spacial score (nSPS) is 12.2. The Kier molecular flexibility index (Phi) is 7.40. The number of nitrogens with two attached hydrogens (primary N) is 1. The Morgan fingerprint density at radius 1 is 0.972 bits per heavy atom. The average molecular weight is 496 g/mol. The number of carbonyl (C=O) groups is 1. The van der Waals surface area contributed by atoms with Crippen LogP contribution in [0.5, 0.6) is 17.2 Å². The first-order valence-corrected chi connectivity index (χ1v) is 11.2. The Hall–Kier alpha value is -4.11. The second-order valence-electron chi connectivity index (χ2n) is 8.13. The summed E-state index contributed by atoms with van der Waals surface area (Å²) in [5, 5.41) is 3.48. The quantitative estimate of drug-likeness (QED) is 0.336. The molecule has 1 unspecified atom stereocenters. The van der Waals surface area contributed by atoms with Crippen molar-refractivity contribution in [2.24, 2.45) is 5.73 Å². The van der Waals surface area contributed by atoms with Gasteiger partial charge in [0.2, 0.25) is 0 Å². The lowest BCUT2D eigenvalue weighted by Crippen LogP contribution is -2.46. The van der Waals surface area contributed by atoms with Crippen LogP contribution in [0.4, 0.5) is 13.2 Å². The molecule has 3 N–H and O–H groups in total. The molecule has 36 heavy (non-hydrogen) atoms. The summed E-state index contributed by atoms with van der Waals surface area (Å²) in [6.07, 6.45) is -4.64. The summed E-state index contributed by atoms with van der Waals surface area (Å²) < 4.78 is 50.4. The van der Waals surface area contributed by atoms with E-state index in [1.807, 2.05) is 60.7 Å². The number of hydrogen-bond acceptors (Lipinski definition) is 5. The average Bonchev–Trinajstić information content (AvgIpc) is 2.87. The van der Waals surface area contributed by atoms with E-state index in [1.54, 1.807) is 25.1 Å². The van der Waals surface area contributed by atoms with Crippen molar-refractivity contribution in [1.82, 2.24) is 10.3 Å². The van der Waals surface area contributed by atoms with Crippen molar-refractivity contribution >= 4 is 16.7 Å². The van der Waals surface area contributed by atoms with E-state index in [-0.39, 0.29) is 18.1 Å². The number of carbonyl (C=O) groups excluding carboxylic acids is 1. The Morgan fingerprint density at radius 3 is 2.31 bits per heavy atom. The molecule has 9 heteroatoms. The number of aromatic nitrogens is 1. The third-order valence-corrected chi connectivity index (χ3v) is 5.44. The maximum absolute atomic E-state index is 12.9. The van der Waals surface area contributed by atoms with Crippen molar-refractivity contribution in [2.45, 2.75) is 25.7 Å². The first-order valence-electron chi connectivity index (χ1n) is 11.2. The molecule has 0 aliphatic rings. The van der Waals surface area contributed by atoms with E-state index in [4.69, 9.17) is 15.2 Å². The first kappa shape index (κ1) is 25.0. The minimum absolute atomic E-state index is 0.123. The number of nitrogens with zero attached hydrogens (tertiary/aromatic N) is 1. The molecule has 0 bridgehead atoms. The van der Waals surface area contributed by atoms with Crippen molar-refractivity contribution < 1.29 is 27.4 Å². The lowest BCUT2D eigenvalue weighted by atomic mass is 10.1. The number of para-hydroxylation sites is 1. The summed E-state index contributed by atoms with van der Waals surface area (Å²) in [5.74, 6) is 0.553. The largest absolute Gasteiger partial charge is 0.486 e. The van der Waals surface area contributed by atoms with Gasteiger partial charge in [-0.15, -0.1) is 0 Å². The maximum atomic E-state index is 12.9. The number of benzene rings is 3. The van der Waals surface area contributed by atoms with Crippen LogP contribution in [0.1, 0.15) is 21.7 Å². The molecule has 1 heterocycles. The highest BCUT2D eigenvalue weighted by Gasteiger charge is 2.37. The summed E-state index contributed by atoms with van der Waals surface area (Å²) in [6.45, 7) is 1.04. The number of alkyl halides is 3. The molecule has 0 saturated carbocycles. The van der Waals surface area contributed by atoms with Gasteiger partial charge < -0.3 is 20.5 Å². The Balaban J connectivity index is 1.70. The number of ether oxygens (including phenoxy) is 2. The van der Waals surface area contributed by atoms with Crippen molar-refractivity contribution in [3.8, 4) is 17.2 Å². The smallest absolute Gasteiger partial charge is 0.405 e. The molecule has 4 aromatic rings. The lowest BCUT2D eigenvalue weighted by Gasteiger charge is -2.18. The first-order chi connectivity index (χ1) is 17.2. The van der Waals surface area contributed by atoms with Gasteiger partial charge in [0.15, 0.2) is 11.4 Å². The van der Waals surface area contributed by atoms with Crippen molar-refractivity contribution in [2.75, 3.05) is 6.54 Å². The van der Waals surface area contributed by atoms with E-state index in [0.29, 0.717) is 28.0 Å². The van der Waals surface area contributed by atoms with Gasteiger partial charge in [0.05, 0.1) is 0 Å². The highest BCUT2D eigenvalue weighted by Crippen LogP contribution is 2.35. The van der Waals surface area contributed by atoms with Crippen molar-refractivity contribution in [3.05, 3.63) is 95.8 Å². The standard InChI is InChI=1S/C27H24F3N3O3/c1-17-22-14-20(36-19-10-6-3-7-11-19)12-13-21(22)25(35-16-18-8-4-2-5-9-18)24(33-17)26(34)32-15-23(31)27(28,29)30/h2-14,23H,15-16,31H2,1H3,(H,32,34). The van der Waals surface area contributed by atoms with Gasteiger partial charge >= 0.3 is 6.18 Å². The van der Waals surface area contributed by atoms with Gasteiger partial charge in [-0.2, -0.15) is 13.2 Å². The zero-order chi connectivity index (χ0) is 25.7. The van der Waals surface area contributed by atoms with E-state index in [0.717, 1.165) is 5.56 Å². The molecule has 0 saturated heterocycles. The fraction of sp³-hybridized carbons (Fsp3) is 0.185. The number of rotatable bonds is 8. The van der Waals surface area contributed by atoms with Crippen LogP contribution >= 0.6 is 0 Å². The third-order valence-electron chi connectivity index (χ3n) is 5.44. The summed E-state index contributed by atoms with van der Waals surface area (Å²) in [6, 6.07) is 21.6. The number of nitrogens with one attached hydrogen (secondary N) is 1. The fourth-order valence-electron chi connectivity index (χ4n) is 3.55. The Bertz CT molecular complexity index is 1350. The van der Waals surface area contributed by atoms with Crippen molar-refractivity contribution in [3.63, 3.8) is 0 Å². The molecular formula is C27H24F3N3O3. The molecule has 0 aliphatic carbocycles. The monoisotopic (exact) mass is 495 g/mol. The van der Waals surface area contributed by atoms with Gasteiger partial charge in [-0.25, -0.2) is 4.98 Å². The zero-order valence-corrected chi connectivity index (χ0v) is 19.4. The van der Waals surface area contributed by atoms with Crippen LogP contribution in [0.25, 0.3) is 10.8 Å². The molecule has 0 spiro atoms. The zero-order valence-electron chi connectivity index (χ0n) is 19.4. The third kappa shape index (κ3) is 5.92. The van der Waals surface area contributed by atoms with E-state index in [1.165, 1.54) is 0 Å². The fourth-order valence-corrected chi connectivity index (χ4v) is 3.55. The number of hydrogen-bond donors (Lipinski definition) is 2. The molecule has 1 atom stereocenters. The Morgan fingerprint density at radius 2 is 1.64 bits per heavy atom. The molecule has 0 radical (unpaired) electrons. The Labute approximate surface area is 205 Å². The van der Waals surface area contributed by atoms with Crippen molar-refractivity contribution in [1.29, 1.82) is 0 Å². The van der Waals surface area contributed by atoms with Crippen LogP contribution in [-0.4, -0.2) is 29.7 Å². The number of amides is 1. The molecule has 1 aromatic heterocycles. The van der Waals surface area contributed by atoms with Crippen LogP contribution in [0.15, 0.2) is 78.9 Å². The molecule has 186 valence electrons. The van der Waals surface area contributed by atoms with E-state index >= 15 is 0 Å². The van der Waals surface area contributed by atoms with Crippen LogP contribution in [0, 0.1) is 6.92 Å². The second-order valence-corrected chi connectivity index (χ2v) is 8.13. The summed E-state index contributed by atoms with van der Waals surface area (Å²) in [5.41, 5.74) is 6.36. The predicted octanol–water partition coefficient (Wildman–Crippen LogP) is 5.53. The summed E-state index contributed by atoms with van der Waals surface area (Å²) in [7, 11) is 0. The minimum atomic E-state index is -4.64. The topological polar surface area (TPSA) is 86.5 Å². The SMILES string of the molecule is Cc1nc(C(=O)NCC(N)C(F)(F)F)c(OCc2ccccc2)c2ccc(Oc3ccccc3)cc12. The summed E-state index contributed by atoms with van der Waals surface area (Å²) >= 11 is 0. The van der Waals surface area contributed by atoms with Gasteiger partial charge in [-0.1, -0.05) is 48.5 Å². The van der Waals surface area contributed by atoms with Crippen LogP contribution < -0.4 is 20.5 Å². The number of fused-ring (bicyclic) bond motifs is 1. The van der Waals surface area contributed by atoms with E-state index < -0.39 is 24.7 Å². The van der Waals surface area contributed by atoms with Crippen LogP contribution in [-0.2, 0) is 6.61 Å². The molecule has 0 fully saturated rings. The minimum Gasteiger partial charge on any atom is -0.486 e. The second kappa shape index (κ2) is 10.7. The summed E-state index contributed by atoms with van der Waals surface area (Å²) in [4.78, 5) is 17.3. The molecule has 4 rings (SSSR count). The van der Waals surface area contributed by atoms with Gasteiger partial charge in [0.1, 0.15) is 24.1 Å². The van der Waals surface area contributed by atoms with Gasteiger partial charge in [0.25, 0.3) is 5.91 Å². The maximum Gasteiger partial charge on any atom is 0.405 e. The number of pyridine rings is 1. The molecule has 1 amide bonds. The van der Waals surface area contributed by atoms with E-state index in [2.05, 4.69) is 10.3 Å². The molecule has 3 aromatic carbocycles. The highest BCUT2D eigenvalue weighted by atomic mass is 19.4.